The molecule has 1 fully saturated rings. The largest absolute Gasteiger partial charge is 0.490 e. The smallest absolute Gasteiger partial charge is 0.161 e. The Morgan fingerprint density at radius 3 is 2.61 bits per heavy atom. The number of rotatable bonds is 3. The SMILES string of the molecule is c1cc2c(cc1CNC1CCCC1)OCCCO2. The van der Waals surface area contributed by atoms with Crippen molar-refractivity contribution in [1.82, 2.24) is 5.32 Å². The Morgan fingerprint density at radius 2 is 1.78 bits per heavy atom. The zero-order valence-electron chi connectivity index (χ0n) is 10.8. The van der Waals surface area contributed by atoms with E-state index in [-0.39, 0.29) is 0 Å². The van der Waals surface area contributed by atoms with E-state index in [1.807, 2.05) is 6.07 Å². The van der Waals surface area contributed by atoms with Crippen molar-refractivity contribution in [3.05, 3.63) is 23.8 Å². The lowest BCUT2D eigenvalue weighted by atomic mass is 10.1. The van der Waals surface area contributed by atoms with Crippen LogP contribution in [0, 0.1) is 0 Å². The predicted molar refractivity (Wildman–Crippen MR) is 71.1 cm³/mol. The molecule has 3 nitrogen and oxygen atoms in total. The summed E-state index contributed by atoms with van der Waals surface area (Å²) < 4.78 is 11.3. The highest BCUT2D eigenvalue weighted by molar-refractivity contribution is 5.43. The van der Waals surface area contributed by atoms with Gasteiger partial charge in [0.2, 0.25) is 0 Å². The Kier molecular flexibility index (Phi) is 3.69. The van der Waals surface area contributed by atoms with Crippen molar-refractivity contribution >= 4 is 0 Å². The zero-order chi connectivity index (χ0) is 12.2. The third kappa shape index (κ3) is 2.78. The first-order chi connectivity index (χ1) is 8.92. The molecule has 1 saturated carbocycles. The first-order valence-corrected chi connectivity index (χ1v) is 7.04. The summed E-state index contributed by atoms with van der Waals surface area (Å²) in [5, 5.41) is 3.62. The van der Waals surface area contributed by atoms with Crippen LogP contribution in [0.4, 0.5) is 0 Å². The quantitative estimate of drug-likeness (QED) is 0.891. The van der Waals surface area contributed by atoms with Crippen LogP contribution in [0.2, 0.25) is 0 Å². The van der Waals surface area contributed by atoms with Crippen molar-refractivity contribution in [2.45, 2.75) is 44.7 Å². The van der Waals surface area contributed by atoms with Crippen LogP contribution in [0.25, 0.3) is 0 Å². The first-order valence-electron chi connectivity index (χ1n) is 7.04. The molecule has 2 aliphatic rings. The Hall–Kier alpha value is -1.22. The molecule has 3 heteroatoms. The fourth-order valence-corrected chi connectivity index (χ4v) is 2.71. The van der Waals surface area contributed by atoms with Gasteiger partial charge in [0, 0.05) is 19.0 Å². The van der Waals surface area contributed by atoms with Crippen molar-refractivity contribution in [1.29, 1.82) is 0 Å². The van der Waals surface area contributed by atoms with E-state index in [1.54, 1.807) is 0 Å². The lowest BCUT2D eigenvalue weighted by molar-refractivity contribution is 0.297. The highest BCUT2D eigenvalue weighted by Crippen LogP contribution is 2.30. The number of benzene rings is 1. The second kappa shape index (κ2) is 5.61. The molecule has 1 heterocycles. The fraction of sp³-hybridized carbons (Fsp3) is 0.600. The average Bonchev–Trinajstić information content (AvgIpc) is 2.80. The van der Waals surface area contributed by atoms with Gasteiger partial charge >= 0.3 is 0 Å². The molecule has 1 aromatic rings. The maximum Gasteiger partial charge on any atom is 0.161 e. The van der Waals surface area contributed by atoms with E-state index in [9.17, 15) is 0 Å². The Labute approximate surface area is 108 Å². The van der Waals surface area contributed by atoms with E-state index in [1.165, 1.54) is 31.2 Å². The van der Waals surface area contributed by atoms with Crippen LogP contribution < -0.4 is 14.8 Å². The number of hydrogen-bond acceptors (Lipinski definition) is 3. The van der Waals surface area contributed by atoms with Crippen molar-refractivity contribution in [2.24, 2.45) is 0 Å². The second-order valence-corrected chi connectivity index (χ2v) is 5.19. The van der Waals surface area contributed by atoms with E-state index < -0.39 is 0 Å². The lowest BCUT2D eigenvalue weighted by Crippen LogP contribution is -2.25. The molecule has 0 bridgehead atoms. The first kappa shape index (κ1) is 11.8. The second-order valence-electron chi connectivity index (χ2n) is 5.19. The highest BCUT2D eigenvalue weighted by atomic mass is 16.5. The van der Waals surface area contributed by atoms with Crippen LogP contribution in [-0.2, 0) is 6.54 Å². The Morgan fingerprint density at radius 1 is 1.00 bits per heavy atom. The average molecular weight is 247 g/mol. The molecule has 0 atom stereocenters. The molecule has 0 aromatic heterocycles. The summed E-state index contributed by atoms with van der Waals surface area (Å²) in [7, 11) is 0. The summed E-state index contributed by atoms with van der Waals surface area (Å²) in [4.78, 5) is 0. The van der Waals surface area contributed by atoms with Crippen LogP contribution in [-0.4, -0.2) is 19.3 Å². The van der Waals surface area contributed by atoms with Gasteiger partial charge in [-0.2, -0.15) is 0 Å². The molecule has 1 N–H and O–H groups in total. The molecule has 1 aliphatic carbocycles. The van der Waals surface area contributed by atoms with Crippen LogP contribution in [0.5, 0.6) is 11.5 Å². The lowest BCUT2D eigenvalue weighted by Gasteiger charge is -2.13. The minimum absolute atomic E-state index is 0.709. The van der Waals surface area contributed by atoms with Crippen molar-refractivity contribution in [3.63, 3.8) is 0 Å². The van der Waals surface area contributed by atoms with E-state index in [0.717, 1.165) is 37.7 Å². The molecular formula is C15H21NO2. The summed E-state index contributed by atoms with van der Waals surface area (Å²) in [5.41, 5.74) is 1.28. The standard InChI is InChI=1S/C15H21NO2/c1-2-5-13(4-1)16-11-12-6-7-14-15(10-12)18-9-3-8-17-14/h6-7,10,13,16H,1-5,8-9,11H2. The summed E-state index contributed by atoms with van der Waals surface area (Å²) in [5.74, 6) is 1.79. The summed E-state index contributed by atoms with van der Waals surface area (Å²) >= 11 is 0. The Balaban J connectivity index is 1.63. The molecular weight excluding hydrogens is 226 g/mol. The maximum atomic E-state index is 5.71. The number of hydrogen-bond donors (Lipinski definition) is 1. The molecule has 3 rings (SSSR count). The topological polar surface area (TPSA) is 30.5 Å². The predicted octanol–water partition coefficient (Wildman–Crippen LogP) is 2.88. The molecule has 1 aromatic carbocycles. The van der Waals surface area contributed by atoms with Gasteiger partial charge in [-0.3, -0.25) is 0 Å². The molecule has 0 spiro atoms. The van der Waals surface area contributed by atoms with E-state index >= 15 is 0 Å². The van der Waals surface area contributed by atoms with Gasteiger partial charge in [0.1, 0.15) is 0 Å². The molecule has 0 unspecified atom stereocenters. The Bertz CT molecular complexity index is 399. The van der Waals surface area contributed by atoms with Gasteiger partial charge in [0.15, 0.2) is 11.5 Å². The van der Waals surface area contributed by atoms with Gasteiger partial charge in [-0.25, -0.2) is 0 Å². The third-order valence-corrected chi connectivity index (χ3v) is 3.76. The molecule has 0 radical (unpaired) electrons. The van der Waals surface area contributed by atoms with Crippen molar-refractivity contribution in [3.8, 4) is 11.5 Å². The molecule has 0 amide bonds. The molecule has 0 saturated heterocycles. The summed E-state index contributed by atoms with van der Waals surface area (Å²) in [6.07, 6.45) is 6.36. The van der Waals surface area contributed by atoms with Gasteiger partial charge < -0.3 is 14.8 Å². The molecule has 98 valence electrons. The minimum atomic E-state index is 0.709. The van der Waals surface area contributed by atoms with Crippen molar-refractivity contribution < 1.29 is 9.47 Å². The van der Waals surface area contributed by atoms with Crippen LogP contribution in [0.1, 0.15) is 37.7 Å². The van der Waals surface area contributed by atoms with E-state index in [4.69, 9.17) is 9.47 Å². The number of nitrogens with one attached hydrogen (secondary N) is 1. The third-order valence-electron chi connectivity index (χ3n) is 3.76. The summed E-state index contributed by atoms with van der Waals surface area (Å²) in [6, 6.07) is 6.99. The number of ether oxygens (including phenoxy) is 2. The van der Waals surface area contributed by atoms with Crippen LogP contribution >= 0.6 is 0 Å². The minimum Gasteiger partial charge on any atom is -0.490 e. The normalized spacial score (nSPS) is 19.8. The van der Waals surface area contributed by atoms with Crippen molar-refractivity contribution in [2.75, 3.05) is 13.2 Å². The van der Waals surface area contributed by atoms with Gasteiger partial charge in [0.05, 0.1) is 13.2 Å². The van der Waals surface area contributed by atoms with Crippen LogP contribution in [0.3, 0.4) is 0 Å². The van der Waals surface area contributed by atoms with Gasteiger partial charge in [-0.15, -0.1) is 0 Å². The van der Waals surface area contributed by atoms with E-state index in [2.05, 4.69) is 17.4 Å². The maximum absolute atomic E-state index is 5.71. The van der Waals surface area contributed by atoms with E-state index in [0.29, 0.717) is 6.04 Å². The highest BCUT2D eigenvalue weighted by Gasteiger charge is 2.15. The monoisotopic (exact) mass is 247 g/mol. The van der Waals surface area contributed by atoms with Gasteiger partial charge in [-0.05, 0) is 30.5 Å². The van der Waals surface area contributed by atoms with Gasteiger partial charge in [0.25, 0.3) is 0 Å². The zero-order valence-corrected chi connectivity index (χ0v) is 10.8. The van der Waals surface area contributed by atoms with Gasteiger partial charge in [-0.1, -0.05) is 18.9 Å². The molecule has 1 aliphatic heterocycles. The molecule has 18 heavy (non-hydrogen) atoms. The van der Waals surface area contributed by atoms with Crippen LogP contribution in [0.15, 0.2) is 18.2 Å². The summed E-state index contributed by atoms with van der Waals surface area (Å²) in [6.45, 7) is 2.44. The number of fused-ring (bicyclic) bond motifs is 1. The fourth-order valence-electron chi connectivity index (χ4n) is 2.71.